The van der Waals surface area contributed by atoms with Gasteiger partial charge >= 0.3 is 0 Å². The summed E-state index contributed by atoms with van der Waals surface area (Å²) in [6.45, 7) is 0.825. The third-order valence-corrected chi connectivity index (χ3v) is 2.20. The molecule has 1 aliphatic heterocycles. The molecule has 0 aromatic carbocycles. The summed E-state index contributed by atoms with van der Waals surface area (Å²) in [5.41, 5.74) is 0. The van der Waals surface area contributed by atoms with Crippen molar-refractivity contribution in [3.05, 3.63) is 0 Å². The van der Waals surface area contributed by atoms with Gasteiger partial charge in [-0.15, -0.1) is 6.42 Å². The number of nitrogens with zero attached hydrogens (tertiary/aromatic N) is 2. The second kappa shape index (κ2) is 3.42. The molecule has 1 heterocycles. The zero-order valence-electron chi connectivity index (χ0n) is 6.75. The number of nitriles is 1. The van der Waals surface area contributed by atoms with Gasteiger partial charge in [-0.3, -0.25) is 4.90 Å². The highest BCUT2D eigenvalue weighted by Crippen LogP contribution is 2.18. The number of rotatable bonds is 0. The van der Waals surface area contributed by atoms with Crippen molar-refractivity contribution in [1.29, 1.82) is 5.26 Å². The molecule has 0 aliphatic carbocycles. The molecule has 0 saturated carbocycles. The summed E-state index contributed by atoms with van der Waals surface area (Å²) in [5.74, 6) is 2.90. The minimum Gasteiger partial charge on any atom is -0.292 e. The molecule has 58 valence electrons. The predicted octanol–water partition coefficient (Wildman–Crippen LogP) is 0.854. The normalized spacial score (nSPS) is 32.3. The number of terminal acetylenes is 1. The zero-order chi connectivity index (χ0) is 8.27. The SMILES string of the molecule is C#CC1CCC(C#N)CN1C. The maximum absolute atomic E-state index is 8.64. The van der Waals surface area contributed by atoms with Crippen molar-refractivity contribution in [2.45, 2.75) is 18.9 Å². The van der Waals surface area contributed by atoms with E-state index in [0.717, 1.165) is 19.4 Å². The van der Waals surface area contributed by atoms with Crippen LogP contribution < -0.4 is 0 Å². The van der Waals surface area contributed by atoms with Gasteiger partial charge < -0.3 is 0 Å². The summed E-state index contributed by atoms with van der Waals surface area (Å²) in [6, 6.07) is 2.52. The average molecular weight is 148 g/mol. The highest BCUT2D eigenvalue weighted by atomic mass is 15.1. The van der Waals surface area contributed by atoms with E-state index < -0.39 is 0 Å². The van der Waals surface area contributed by atoms with Crippen LogP contribution in [0.1, 0.15) is 12.8 Å². The lowest BCUT2D eigenvalue weighted by atomic mass is 9.95. The summed E-state index contributed by atoms with van der Waals surface area (Å²) in [4.78, 5) is 2.08. The van der Waals surface area contributed by atoms with Crippen molar-refractivity contribution >= 4 is 0 Å². The van der Waals surface area contributed by atoms with E-state index in [-0.39, 0.29) is 12.0 Å². The summed E-state index contributed by atoms with van der Waals surface area (Å²) < 4.78 is 0. The van der Waals surface area contributed by atoms with Crippen LogP contribution in [0.5, 0.6) is 0 Å². The Bertz CT molecular complexity index is 209. The molecule has 0 radical (unpaired) electrons. The lowest BCUT2D eigenvalue weighted by Crippen LogP contribution is -2.39. The van der Waals surface area contributed by atoms with Crippen LogP contribution in [0.15, 0.2) is 0 Å². The number of hydrogen-bond donors (Lipinski definition) is 0. The Labute approximate surface area is 67.8 Å². The third-order valence-electron chi connectivity index (χ3n) is 2.20. The molecule has 0 bridgehead atoms. The van der Waals surface area contributed by atoms with Crippen molar-refractivity contribution in [1.82, 2.24) is 4.90 Å². The van der Waals surface area contributed by atoms with Crippen LogP contribution in [0.25, 0.3) is 0 Å². The minimum absolute atomic E-state index is 0.185. The first-order chi connectivity index (χ1) is 5.27. The van der Waals surface area contributed by atoms with Crippen LogP contribution >= 0.6 is 0 Å². The fourth-order valence-corrected chi connectivity index (χ4v) is 1.46. The summed E-state index contributed by atoms with van der Waals surface area (Å²) in [7, 11) is 1.98. The van der Waals surface area contributed by atoms with Gasteiger partial charge in [-0.1, -0.05) is 5.92 Å². The predicted molar refractivity (Wildman–Crippen MR) is 43.6 cm³/mol. The average Bonchev–Trinajstić information content (AvgIpc) is 2.04. The molecule has 0 aromatic heterocycles. The molecule has 0 N–H and O–H groups in total. The van der Waals surface area contributed by atoms with Crippen molar-refractivity contribution in [3.63, 3.8) is 0 Å². The monoisotopic (exact) mass is 148 g/mol. The lowest BCUT2D eigenvalue weighted by molar-refractivity contribution is 0.198. The molecule has 0 amide bonds. The highest BCUT2D eigenvalue weighted by molar-refractivity contribution is 5.04. The lowest BCUT2D eigenvalue weighted by Gasteiger charge is -2.31. The smallest absolute Gasteiger partial charge is 0.0710 e. The second-order valence-corrected chi connectivity index (χ2v) is 3.03. The standard InChI is InChI=1S/C9H12N2/c1-3-9-5-4-8(6-10)7-11(9)2/h1,8-9H,4-5,7H2,2H3. The van der Waals surface area contributed by atoms with Gasteiger partial charge in [0.15, 0.2) is 0 Å². The van der Waals surface area contributed by atoms with Gasteiger partial charge in [-0.25, -0.2) is 0 Å². The molecular weight excluding hydrogens is 136 g/mol. The molecule has 0 aromatic rings. The van der Waals surface area contributed by atoms with E-state index in [2.05, 4.69) is 16.9 Å². The van der Waals surface area contributed by atoms with Gasteiger partial charge in [0.25, 0.3) is 0 Å². The van der Waals surface area contributed by atoms with Crippen LogP contribution in [-0.2, 0) is 0 Å². The van der Waals surface area contributed by atoms with E-state index >= 15 is 0 Å². The number of likely N-dealkylation sites (tertiary alicyclic amines) is 1. The van der Waals surface area contributed by atoms with E-state index in [1.165, 1.54) is 0 Å². The van der Waals surface area contributed by atoms with Crippen LogP contribution in [0.3, 0.4) is 0 Å². The maximum Gasteiger partial charge on any atom is 0.0710 e. The second-order valence-electron chi connectivity index (χ2n) is 3.03. The highest BCUT2D eigenvalue weighted by Gasteiger charge is 2.23. The molecule has 11 heavy (non-hydrogen) atoms. The zero-order valence-corrected chi connectivity index (χ0v) is 6.75. The van der Waals surface area contributed by atoms with E-state index in [4.69, 9.17) is 11.7 Å². The Morgan fingerprint density at radius 1 is 1.55 bits per heavy atom. The van der Waals surface area contributed by atoms with Gasteiger partial charge in [0.05, 0.1) is 18.0 Å². The third kappa shape index (κ3) is 1.73. The number of hydrogen-bond acceptors (Lipinski definition) is 2. The molecule has 1 aliphatic rings. The first-order valence-electron chi connectivity index (χ1n) is 3.84. The Morgan fingerprint density at radius 2 is 2.27 bits per heavy atom. The molecule has 0 spiro atoms. The Kier molecular flexibility index (Phi) is 2.52. The van der Waals surface area contributed by atoms with E-state index in [1.807, 2.05) is 7.05 Å². The van der Waals surface area contributed by atoms with Crippen molar-refractivity contribution in [2.75, 3.05) is 13.6 Å². The Morgan fingerprint density at radius 3 is 2.73 bits per heavy atom. The van der Waals surface area contributed by atoms with E-state index in [9.17, 15) is 0 Å². The molecule has 2 nitrogen and oxygen atoms in total. The Hall–Kier alpha value is -0.990. The first-order valence-corrected chi connectivity index (χ1v) is 3.84. The topological polar surface area (TPSA) is 27.0 Å². The molecule has 1 saturated heterocycles. The van der Waals surface area contributed by atoms with Gasteiger partial charge in [-0.05, 0) is 19.9 Å². The van der Waals surface area contributed by atoms with Gasteiger partial charge in [0.1, 0.15) is 0 Å². The Balaban J connectivity index is 2.51. The fourth-order valence-electron chi connectivity index (χ4n) is 1.46. The van der Waals surface area contributed by atoms with Crippen molar-refractivity contribution < 1.29 is 0 Å². The van der Waals surface area contributed by atoms with Gasteiger partial charge in [0.2, 0.25) is 0 Å². The minimum atomic E-state index is 0.185. The molecule has 1 rings (SSSR count). The first kappa shape index (κ1) is 8.11. The maximum atomic E-state index is 8.64. The summed E-state index contributed by atoms with van der Waals surface area (Å²) in [5, 5.41) is 8.64. The molecule has 1 fully saturated rings. The molecule has 2 heteroatoms. The summed E-state index contributed by atoms with van der Waals surface area (Å²) >= 11 is 0. The van der Waals surface area contributed by atoms with E-state index in [0.29, 0.717) is 0 Å². The van der Waals surface area contributed by atoms with Crippen molar-refractivity contribution in [2.24, 2.45) is 5.92 Å². The van der Waals surface area contributed by atoms with Gasteiger partial charge in [0, 0.05) is 6.54 Å². The summed E-state index contributed by atoms with van der Waals surface area (Å²) in [6.07, 6.45) is 7.22. The quantitative estimate of drug-likeness (QED) is 0.476. The van der Waals surface area contributed by atoms with E-state index in [1.54, 1.807) is 0 Å². The van der Waals surface area contributed by atoms with Crippen LogP contribution in [0, 0.1) is 29.6 Å². The van der Waals surface area contributed by atoms with Gasteiger partial charge in [-0.2, -0.15) is 5.26 Å². The van der Waals surface area contributed by atoms with Crippen molar-refractivity contribution in [3.8, 4) is 18.4 Å². The van der Waals surface area contributed by atoms with Crippen LogP contribution in [0.2, 0.25) is 0 Å². The fraction of sp³-hybridized carbons (Fsp3) is 0.667. The van der Waals surface area contributed by atoms with Crippen LogP contribution in [0.4, 0.5) is 0 Å². The molecular formula is C9H12N2. The largest absolute Gasteiger partial charge is 0.292 e. The molecule has 2 unspecified atom stereocenters. The number of piperidine rings is 1. The van der Waals surface area contributed by atoms with Crippen LogP contribution in [-0.4, -0.2) is 24.5 Å². The molecule has 2 atom stereocenters.